The van der Waals surface area contributed by atoms with Crippen molar-refractivity contribution in [2.24, 2.45) is 0 Å². The summed E-state index contributed by atoms with van der Waals surface area (Å²) in [5.41, 5.74) is 2.92. The van der Waals surface area contributed by atoms with Gasteiger partial charge in [0.15, 0.2) is 0 Å². The van der Waals surface area contributed by atoms with Crippen molar-refractivity contribution < 1.29 is 4.84 Å². The van der Waals surface area contributed by atoms with Crippen molar-refractivity contribution >= 4 is 0 Å². The van der Waals surface area contributed by atoms with Crippen molar-refractivity contribution in [2.45, 2.75) is 13.3 Å². The lowest BCUT2D eigenvalue weighted by atomic mass is 10.5. The van der Waals surface area contributed by atoms with Gasteiger partial charge in [-0.15, -0.1) is 0 Å². The number of nitrogens with zero attached hydrogens (tertiary/aromatic N) is 1. The van der Waals surface area contributed by atoms with Crippen LogP contribution < -0.4 is 5.43 Å². The van der Waals surface area contributed by atoms with Crippen molar-refractivity contribution in [3.05, 3.63) is 12.3 Å². The van der Waals surface area contributed by atoms with Crippen molar-refractivity contribution in [3.8, 4) is 0 Å². The average Bonchev–Trinajstić information content (AvgIpc) is 2.34. The molecular weight excluding hydrogens is 116 g/mol. The standard InChI is InChI=1S/C6H12N2O/c1-2-6-9-8-5-3-4-7-8/h3-4,7H,2,5-6H2,1H3. The second-order valence-electron chi connectivity index (χ2n) is 1.93. The molecule has 1 rings (SSSR count). The van der Waals surface area contributed by atoms with E-state index in [1.807, 2.05) is 12.3 Å². The zero-order valence-corrected chi connectivity index (χ0v) is 5.63. The molecule has 52 valence electrons. The number of hydrogen-bond acceptors (Lipinski definition) is 3. The molecule has 9 heavy (non-hydrogen) atoms. The van der Waals surface area contributed by atoms with E-state index in [1.54, 1.807) is 5.17 Å². The molecule has 0 aromatic heterocycles. The minimum atomic E-state index is 0.786. The van der Waals surface area contributed by atoms with Crippen LogP contribution in [0.2, 0.25) is 0 Å². The smallest absolute Gasteiger partial charge is 0.0704 e. The Hall–Kier alpha value is -0.540. The highest BCUT2D eigenvalue weighted by atomic mass is 16.7. The fraction of sp³-hybridized carbons (Fsp3) is 0.667. The molecule has 0 bridgehead atoms. The molecule has 3 heteroatoms. The summed E-state index contributed by atoms with van der Waals surface area (Å²) in [6.07, 6.45) is 4.93. The van der Waals surface area contributed by atoms with Gasteiger partial charge in [0, 0.05) is 6.20 Å². The van der Waals surface area contributed by atoms with Crippen LogP contribution in [-0.4, -0.2) is 18.3 Å². The highest BCUT2D eigenvalue weighted by molar-refractivity contribution is 4.85. The van der Waals surface area contributed by atoms with Gasteiger partial charge in [0.2, 0.25) is 0 Å². The van der Waals surface area contributed by atoms with E-state index in [4.69, 9.17) is 4.84 Å². The quantitative estimate of drug-likeness (QED) is 0.604. The lowest BCUT2D eigenvalue weighted by molar-refractivity contribution is -0.172. The zero-order chi connectivity index (χ0) is 6.53. The first-order chi connectivity index (χ1) is 4.43. The van der Waals surface area contributed by atoms with Crippen LogP contribution >= 0.6 is 0 Å². The van der Waals surface area contributed by atoms with Gasteiger partial charge in [0.25, 0.3) is 0 Å². The summed E-state index contributed by atoms with van der Waals surface area (Å²) in [4.78, 5) is 5.21. The molecule has 0 atom stereocenters. The van der Waals surface area contributed by atoms with E-state index in [0.717, 1.165) is 19.6 Å². The highest BCUT2D eigenvalue weighted by Gasteiger charge is 2.02. The van der Waals surface area contributed by atoms with Gasteiger partial charge in [-0.25, -0.2) is 0 Å². The Morgan fingerprint density at radius 3 is 3.22 bits per heavy atom. The number of rotatable bonds is 3. The number of nitrogens with one attached hydrogen (secondary N) is 1. The first-order valence-electron chi connectivity index (χ1n) is 3.25. The van der Waals surface area contributed by atoms with E-state index in [2.05, 4.69) is 12.3 Å². The van der Waals surface area contributed by atoms with Crippen LogP contribution in [0.15, 0.2) is 12.3 Å². The molecule has 0 spiro atoms. The van der Waals surface area contributed by atoms with Crippen LogP contribution in [0.1, 0.15) is 13.3 Å². The normalized spacial score (nSPS) is 18.3. The van der Waals surface area contributed by atoms with Gasteiger partial charge in [-0.05, 0) is 12.5 Å². The third kappa shape index (κ3) is 2.03. The molecule has 0 fully saturated rings. The lowest BCUT2D eigenvalue weighted by Crippen LogP contribution is -2.30. The largest absolute Gasteiger partial charge is 0.304 e. The second-order valence-corrected chi connectivity index (χ2v) is 1.93. The van der Waals surface area contributed by atoms with Crippen LogP contribution in [0.3, 0.4) is 0 Å². The fourth-order valence-corrected chi connectivity index (χ4v) is 0.628. The van der Waals surface area contributed by atoms with Gasteiger partial charge in [0.1, 0.15) is 0 Å². The average molecular weight is 128 g/mol. The Labute approximate surface area is 55.2 Å². The SMILES string of the molecule is CCCON1CC=CN1. The summed E-state index contributed by atoms with van der Waals surface area (Å²) < 4.78 is 0. The third-order valence-corrected chi connectivity index (χ3v) is 1.06. The van der Waals surface area contributed by atoms with Crippen molar-refractivity contribution in [2.75, 3.05) is 13.2 Å². The number of hydrogen-bond donors (Lipinski definition) is 1. The Kier molecular flexibility index (Phi) is 2.54. The Morgan fingerprint density at radius 1 is 1.78 bits per heavy atom. The molecule has 1 aliphatic rings. The Bertz CT molecular complexity index is 95.2. The van der Waals surface area contributed by atoms with E-state index in [0.29, 0.717) is 0 Å². The van der Waals surface area contributed by atoms with Crippen LogP contribution in [0.25, 0.3) is 0 Å². The maximum Gasteiger partial charge on any atom is 0.0704 e. The molecule has 1 aliphatic heterocycles. The summed E-state index contributed by atoms with van der Waals surface area (Å²) in [6.45, 7) is 3.72. The summed E-state index contributed by atoms with van der Waals surface area (Å²) in [5, 5.41) is 1.71. The van der Waals surface area contributed by atoms with Crippen LogP contribution in [0.5, 0.6) is 0 Å². The van der Waals surface area contributed by atoms with Gasteiger partial charge >= 0.3 is 0 Å². The molecule has 0 unspecified atom stereocenters. The molecule has 0 saturated carbocycles. The minimum absolute atomic E-state index is 0.786. The fourth-order valence-electron chi connectivity index (χ4n) is 0.628. The first-order valence-corrected chi connectivity index (χ1v) is 3.25. The molecule has 0 saturated heterocycles. The summed E-state index contributed by atoms with van der Waals surface area (Å²) in [7, 11) is 0. The molecule has 1 N–H and O–H groups in total. The molecule has 0 aromatic carbocycles. The van der Waals surface area contributed by atoms with E-state index in [-0.39, 0.29) is 0 Å². The molecule has 0 aliphatic carbocycles. The predicted octanol–water partition coefficient (Wildman–Crippen LogP) is 0.662. The van der Waals surface area contributed by atoms with E-state index >= 15 is 0 Å². The molecule has 1 heterocycles. The molecule has 0 radical (unpaired) electrons. The second kappa shape index (κ2) is 3.48. The first kappa shape index (κ1) is 6.58. The molecule has 3 nitrogen and oxygen atoms in total. The molecular formula is C6H12N2O. The number of hydroxylamine groups is 1. The summed E-state index contributed by atoms with van der Waals surface area (Å²) in [5.74, 6) is 0. The third-order valence-electron chi connectivity index (χ3n) is 1.06. The summed E-state index contributed by atoms with van der Waals surface area (Å²) >= 11 is 0. The van der Waals surface area contributed by atoms with Gasteiger partial charge < -0.3 is 5.43 Å². The van der Waals surface area contributed by atoms with Gasteiger partial charge in [-0.2, -0.15) is 0 Å². The molecule has 0 aromatic rings. The van der Waals surface area contributed by atoms with Crippen molar-refractivity contribution in [1.82, 2.24) is 10.6 Å². The zero-order valence-electron chi connectivity index (χ0n) is 5.63. The maximum atomic E-state index is 5.21. The highest BCUT2D eigenvalue weighted by Crippen LogP contribution is 1.93. The Balaban J connectivity index is 2.01. The number of hydrazine groups is 1. The van der Waals surface area contributed by atoms with Gasteiger partial charge in [0.05, 0.1) is 13.2 Å². The van der Waals surface area contributed by atoms with Crippen LogP contribution in [0.4, 0.5) is 0 Å². The van der Waals surface area contributed by atoms with E-state index < -0.39 is 0 Å². The van der Waals surface area contributed by atoms with E-state index in [9.17, 15) is 0 Å². The Morgan fingerprint density at radius 2 is 2.67 bits per heavy atom. The monoisotopic (exact) mass is 128 g/mol. The van der Waals surface area contributed by atoms with Crippen LogP contribution in [0, 0.1) is 0 Å². The molecule has 0 amide bonds. The predicted molar refractivity (Wildman–Crippen MR) is 35.2 cm³/mol. The van der Waals surface area contributed by atoms with Gasteiger partial charge in [-0.3, -0.25) is 4.84 Å². The maximum absolute atomic E-state index is 5.21. The van der Waals surface area contributed by atoms with Crippen LogP contribution in [-0.2, 0) is 4.84 Å². The minimum Gasteiger partial charge on any atom is -0.304 e. The van der Waals surface area contributed by atoms with Crippen molar-refractivity contribution in [1.29, 1.82) is 0 Å². The topological polar surface area (TPSA) is 24.5 Å². The summed E-state index contributed by atoms with van der Waals surface area (Å²) in [6, 6.07) is 0. The lowest BCUT2D eigenvalue weighted by Gasteiger charge is -2.13. The van der Waals surface area contributed by atoms with Gasteiger partial charge in [-0.1, -0.05) is 12.1 Å². The van der Waals surface area contributed by atoms with Crippen molar-refractivity contribution in [3.63, 3.8) is 0 Å². The van der Waals surface area contributed by atoms with E-state index in [1.165, 1.54) is 0 Å².